The molecule has 0 aromatic carbocycles. The second kappa shape index (κ2) is 11.3. The summed E-state index contributed by atoms with van der Waals surface area (Å²) in [6.45, 7) is 4.93. The fourth-order valence-electron chi connectivity index (χ4n) is 3.19. The first kappa shape index (κ1) is 21.7. The van der Waals surface area contributed by atoms with Crippen LogP contribution in [0.5, 0.6) is 0 Å². The van der Waals surface area contributed by atoms with E-state index in [2.05, 4.69) is 20.1 Å². The van der Waals surface area contributed by atoms with Crippen LogP contribution in [0.1, 0.15) is 57.8 Å². The molecule has 1 saturated carbocycles. The summed E-state index contributed by atoms with van der Waals surface area (Å²) in [5, 5.41) is 11.7. The van der Waals surface area contributed by atoms with Crippen molar-refractivity contribution in [2.45, 2.75) is 68.8 Å². The lowest BCUT2D eigenvalue weighted by molar-refractivity contribution is -0.142. The highest BCUT2D eigenvalue weighted by molar-refractivity contribution is 8.00. The number of nitrogens with zero attached hydrogens (tertiary/aromatic N) is 3. The Kier molecular flexibility index (Phi) is 9.06. The molecule has 27 heavy (non-hydrogen) atoms. The van der Waals surface area contributed by atoms with E-state index in [0.717, 1.165) is 25.7 Å². The van der Waals surface area contributed by atoms with E-state index < -0.39 is 0 Å². The van der Waals surface area contributed by atoms with E-state index >= 15 is 0 Å². The minimum atomic E-state index is -0.316. The molecule has 1 aromatic heterocycles. The summed E-state index contributed by atoms with van der Waals surface area (Å²) in [5.74, 6) is 0.251. The molecular formula is C18H30N4O4S. The Morgan fingerprint density at radius 3 is 2.70 bits per heavy atom. The average Bonchev–Trinajstić information content (AvgIpc) is 3.04. The Hall–Kier alpha value is -1.61. The standard InChI is InChI=1S/C18H30N4O4S/c1-4-26-16(23)12-15-20-21-18(22(15)14-8-6-5-7-9-14)27-13(2)17(24)19-10-11-25-3/h13-14H,4-12H2,1-3H3,(H,19,24)/t13-/m1/s1. The highest BCUT2D eigenvalue weighted by Crippen LogP contribution is 2.34. The molecule has 0 unspecified atom stereocenters. The van der Waals surface area contributed by atoms with E-state index in [1.165, 1.54) is 18.2 Å². The zero-order chi connectivity index (χ0) is 19.6. The van der Waals surface area contributed by atoms with Gasteiger partial charge in [0.1, 0.15) is 12.2 Å². The second-order valence-corrected chi connectivity index (χ2v) is 7.89. The molecule has 0 spiro atoms. The number of methoxy groups -OCH3 is 1. The molecule has 1 heterocycles. The Balaban J connectivity index is 2.13. The number of esters is 1. The van der Waals surface area contributed by atoms with Crippen LogP contribution in [0.2, 0.25) is 0 Å². The molecule has 1 aliphatic rings. The molecule has 9 heteroatoms. The van der Waals surface area contributed by atoms with E-state index in [-0.39, 0.29) is 29.6 Å². The van der Waals surface area contributed by atoms with Gasteiger partial charge >= 0.3 is 5.97 Å². The number of carbonyl (C=O) groups is 2. The number of ether oxygens (including phenoxy) is 2. The minimum absolute atomic E-state index is 0.0674. The van der Waals surface area contributed by atoms with Crippen LogP contribution in [0.4, 0.5) is 0 Å². The average molecular weight is 399 g/mol. The lowest BCUT2D eigenvalue weighted by Gasteiger charge is -2.26. The third kappa shape index (κ3) is 6.49. The lowest BCUT2D eigenvalue weighted by Crippen LogP contribution is -2.33. The fraction of sp³-hybridized carbons (Fsp3) is 0.778. The summed E-state index contributed by atoms with van der Waals surface area (Å²) >= 11 is 1.38. The Labute approximate surface area is 164 Å². The molecule has 1 aromatic rings. The molecule has 152 valence electrons. The van der Waals surface area contributed by atoms with Gasteiger partial charge in [0.05, 0.1) is 18.5 Å². The summed E-state index contributed by atoms with van der Waals surface area (Å²) in [7, 11) is 1.60. The number of hydrogen-bond acceptors (Lipinski definition) is 7. The maximum Gasteiger partial charge on any atom is 0.313 e. The van der Waals surface area contributed by atoms with Crippen molar-refractivity contribution in [2.24, 2.45) is 0 Å². The first-order valence-corrected chi connectivity index (χ1v) is 10.5. The zero-order valence-electron chi connectivity index (χ0n) is 16.4. The van der Waals surface area contributed by atoms with Gasteiger partial charge in [-0.15, -0.1) is 10.2 Å². The van der Waals surface area contributed by atoms with E-state index in [1.807, 2.05) is 6.92 Å². The van der Waals surface area contributed by atoms with Crippen molar-refractivity contribution >= 4 is 23.6 Å². The number of aromatic nitrogens is 3. The molecule has 1 amide bonds. The molecule has 1 atom stereocenters. The van der Waals surface area contributed by atoms with Gasteiger partial charge in [0.15, 0.2) is 5.16 Å². The van der Waals surface area contributed by atoms with Gasteiger partial charge in [0.25, 0.3) is 0 Å². The van der Waals surface area contributed by atoms with Crippen molar-refractivity contribution in [1.29, 1.82) is 0 Å². The van der Waals surface area contributed by atoms with Crippen LogP contribution in [0, 0.1) is 0 Å². The SMILES string of the molecule is CCOC(=O)Cc1nnc(S[C@H](C)C(=O)NCCOC)n1C1CCCCC1. The van der Waals surface area contributed by atoms with Gasteiger partial charge in [-0.3, -0.25) is 9.59 Å². The zero-order valence-corrected chi connectivity index (χ0v) is 17.2. The number of nitrogens with one attached hydrogen (secondary N) is 1. The summed E-state index contributed by atoms with van der Waals surface area (Å²) < 4.78 is 12.1. The number of carbonyl (C=O) groups excluding carboxylic acids is 2. The van der Waals surface area contributed by atoms with Gasteiger partial charge in [0, 0.05) is 19.7 Å². The molecule has 2 rings (SSSR count). The monoisotopic (exact) mass is 398 g/mol. The van der Waals surface area contributed by atoms with Crippen LogP contribution in [0.25, 0.3) is 0 Å². The van der Waals surface area contributed by atoms with Crippen LogP contribution in [-0.2, 0) is 25.5 Å². The van der Waals surface area contributed by atoms with Crippen LogP contribution in [0.3, 0.4) is 0 Å². The van der Waals surface area contributed by atoms with Crippen molar-refractivity contribution in [3.8, 4) is 0 Å². The van der Waals surface area contributed by atoms with Crippen molar-refractivity contribution < 1.29 is 19.1 Å². The van der Waals surface area contributed by atoms with Crippen molar-refractivity contribution in [2.75, 3.05) is 26.9 Å². The summed E-state index contributed by atoms with van der Waals surface area (Å²) in [5.41, 5.74) is 0. The smallest absolute Gasteiger partial charge is 0.313 e. The summed E-state index contributed by atoms with van der Waals surface area (Å²) in [4.78, 5) is 24.2. The van der Waals surface area contributed by atoms with Crippen LogP contribution in [-0.4, -0.2) is 58.8 Å². The summed E-state index contributed by atoms with van der Waals surface area (Å²) in [6.07, 6.45) is 5.71. The molecular weight excluding hydrogens is 368 g/mol. The Morgan fingerprint density at radius 1 is 1.30 bits per heavy atom. The van der Waals surface area contributed by atoms with Crippen molar-refractivity contribution in [3.63, 3.8) is 0 Å². The molecule has 1 N–H and O–H groups in total. The molecule has 0 aliphatic heterocycles. The van der Waals surface area contributed by atoms with Crippen LogP contribution < -0.4 is 5.32 Å². The van der Waals surface area contributed by atoms with E-state index in [4.69, 9.17) is 9.47 Å². The minimum Gasteiger partial charge on any atom is -0.466 e. The fourth-order valence-corrected chi connectivity index (χ4v) is 4.15. The number of amides is 1. The second-order valence-electron chi connectivity index (χ2n) is 6.59. The summed E-state index contributed by atoms with van der Waals surface area (Å²) in [6, 6.07) is 0.268. The first-order chi connectivity index (χ1) is 13.1. The van der Waals surface area contributed by atoms with E-state index in [0.29, 0.717) is 30.7 Å². The van der Waals surface area contributed by atoms with E-state index in [1.54, 1.807) is 14.0 Å². The maximum atomic E-state index is 12.3. The third-order valence-corrected chi connectivity index (χ3v) is 5.60. The Morgan fingerprint density at radius 2 is 2.04 bits per heavy atom. The maximum absolute atomic E-state index is 12.3. The van der Waals surface area contributed by atoms with Gasteiger partial charge in [-0.2, -0.15) is 0 Å². The van der Waals surface area contributed by atoms with Gasteiger partial charge < -0.3 is 19.4 Å². The quantitative estimate of drug-likeness (QED) is 0.366. The van der Waals surface area contributed by atoms with Gasteiger partial charge in [-0.25, -0.2) is 0 Å². The third-order valence-electron chi connectivity index (χ3n) is 4.54. The normalized spacial score (nSPS) is 16.1. The van der Waals surface area contributed by atoms with Crippen molar-refractivity contribution in [1.82, 2.24) is 20.1 Å². The first-order valence-electron chi connectivity index (χ1n) is 9.59. The number of thioether (sulfide) groups is 1. The number of hydrogen-bond donors (Lipinski definition) is 1. The largest absolute Gasteiger partial charge is 0.466 e. The van der Waals surface area contributed by atoms with Crippen LogP contribution in [0.15, 0.2) is 5.16 Å². The molecule has 1 fully saturated rings. The van der Waals surface area contributed by atoms with Crippen molar-refractivity contribution in [3.05, 3.63) is 5.82 Å². The lowest BCUT2D eigenvalue weighted by atomic mass is 9.95. The molecule has 8 nitrogen and oxygen atoms in total. The topological polar surface area (TPSA) is 95.3 Å². The predicted molar refractivity (Wildman–Crippen MR) is 103 cm³/mol. The molecule has 0 radical (unpaired) electrons. The van der Waals surface area contributed by atoms with Crippen LogP contribution >= 0.6 is 11.8 Å². The van der Waals surface area contributed by atoms with Gasteiger partial charge in [0.2, 0.25) is 5.91 Å². The molecule has 1 aliphatic carbocycles. The number of rotatable bonds is 10. The highest BCUT2D eigenvalue weighted by atomic mass is 32.2. The predicted octanol–water partition coefficient (Wildman–Crippen LogP) is 2.13. The molecule has 0 saturated heterocycles. The van der Waals surface area contributed by atoms with E-state index in [9.17, 15) is 9.59 Å². The molecule has 0 bridgehead atoms. The van der Waals surface area contributed by atoms with Gasteiger partial charge in [-0.1, -0.05) is 31.0 Å². The van der Waals surface area contributed by atoms with Gasteiger partial charge in [-0.05, 0) is 26.7 Å². The highest BCUT2D eigenvalue weighted by Gasteiger charge is 2.26. The Bertz CT molecular complexity index is 617.